The second kappa shape index (κ2) is 5.99. The largest absolute Gasteiger partial charge is 0.370 e. The molecule has 1 aromatic rings. The topological polar surface area (TPSA) is 49.8 Å². The fraction of sp³-hybridized carbons (Fsp3) is 0.714. The molecule has 1 saturated carbocycles. The summed E-state index contributed by atoms with van der Waals surface area (Å²) in [6.45, 7) is 8.15. The normalized spacial score (nSPS) is 16.2. The number of thioether (sulfide) groups is 1. The molecule has 0 aliphatic heterocycles. The zero-order valence-corrected chi connectivity index (χ0v) is 13.2. The van der Waals surface area contributed by atoms with Gasteiger partial charge in [0.25, 0.3) is 0 Å². The van der Waals surface area contributed by atoms with E-state index in [9.17, 15) is 0 Å². The molecule has 2 N–H and O–H groups in total. The van der Waals surface area contributed by atoms with E-state index < -0.39 is 0 Å². The molecule has 0 saturated heterocycles. The summed E-state index contributed by atoms with van der Waals surface area (Å²) >= 11 is 1.97. The molecule has 1 fully saturated rings. The monoisotopic (exact) mass is 280 g/mol. The summed E-state index contributed by atoms with van der Waals surface area (Å²) in [7, 11) is 0. The molecule has 106 valence electrons. The van der Waals surface area contributed by atoms with Crippen LogP contribution in [0, 0.1) is 6.92 Å². The summed E-state index contributed by atoms with van der Waals surface area (Å²) in [4.78, 5) is 9.18. The van der Waals surface area contributed by atoms with Crippen molar-refractivity contribution >= 4 is 23.4 Å². The van der Waals surface area contributed by atoms with Crippen LogP contribution in [0.5, 0.6) is 0 Å². The van der Waals surface area contributed by atoms with E-state index in [1.54, 1.807) is 0 Å². The standard InChI is InChI=1S/C14H24N4S/c1-5-11-17-12(15-6-2)10(3)13(18-11)16-9-14(19-4)7-8-14/h5-9H2,1-4H3,(H2,15,16,17,18). The smallest absolute Gasteiger partial charge is 0.134 e. The number of aryl methyl sites for hydroxylation is 1. The summed E-state index contributed by atoms with van der Waals surface area (Å²) in [5.74, 6) is 2.85. The van der Waals surface area contributed by atoms with Gasteiger partial charge < -0.3 is 10.6 Å². The fourth-order valence-corrected chi connectivity index (χ4v) is 2.80. The molecule has 0 aromatic carbocycles. The molecule has 5 heteroatoms. The van der Waals surface area contributed by atoms with Gasteiger partial charge in [0, 0.05) is 29.8 Å². The van der Waals surface area contributed by atoms with Crippen molar-refractivity contribution in [3.05, 3.63) is 11.4 Å². The van der Waals surface area contributed by atoms with Crippen LogP contribution < -0.4 is 10.6 Å². The molecule has 1 heterocycles. The molecular weight excluding hydrogens is 256 g/mol. The first kappa shape index (κ1) is 14.4. The Morgan fingerprint density at radius 2 is 1.79 bits per heavy atom. The first-order chi connectivity index (χ1) is 9.14. The molecule has 0 unspecified atom stereocenters. The van der Waals surface area contributed by atoms with Crippen molar-refractivity contribution in [3.8, 4) is 0 Å². The van der Waals surface area contributed by atoms with Crippen LogP contribution in [0.3, 0.4) is 0 Å². The van der Waals surface area contributed by atoms with Crippen molar-refractivity contribution in [3.63, 3.8) is 0 Å². The second-order valence-corrected chi connectivity index (χ2v) is 6.36. The van der Waals surface area contributed by atoms with E-state index >= 15 is 0 Å². The molecule has 19 heavy (non-hydrogen) atoms. The summed E-state index contributed by atoms with van der Waals surface area (Å²) in [5.41, 5.74) is 1.12. The number of rotatable bonds is 7. The van der Waals surface area contributed by atoms with Crippen LogP contribution in [0.1, 0.15) is 38.1 Å². The van der Waals surface area contributed by atoms with E-state index in [4.69, 9.17) is 0 Å². The second-order valence-electron chi connectivity index (χ2n) is 5.09. The van der Waals surface area contributed by atoms with Gasteiger partial charge in [-0.25, -0.2) is 9.97 Å². The molecule has 0 atom stereocenters. The predicted molar refractivity (Wildman–Crippen MR) is 84.3 cm³/mol. The maximum Gasteiger partial charge on any atom is 0.134 e. The third kappa shape index (κ3) is 3.32. The Morgan fingerprint density at radius 3 is 2.26 bits per heavy atom. The highest BCUT2D eigenvalue weighted by atomic mass is 32.2. The lowest BCUT2D eigenvalue weighted by Gasteiger charge is -2.17. The molecule has 1 aliphatic rings. The van der Waals surface area contributed by atoms with Crippen molar-refractivity contribution in [2.45, 2.75) is 44.8 Å². The number of anilines is 2. The highest BCUT2D eigenvalue weighted by molar-refractivity contribution is 8.00. The molecule has 1 aromatic heterocycles. The van der Waals surface area contributed by atoms with Crippen LogP contribution in [-0.4, -0.2) is 34.1 Å². The van der Waals surface area contributed by atoms with Gasteiger partial charge in [0.05, 0.1) is 0 Å². The molecule has 0 radical (unpaired) electrons. The number of aromatic nitrogens is 2. The Bertz CT molecular complexity index is 443. The van der Waals surface area contributed by atoms with Crippen LogP contribution in [-0.2, 0) is 6.42 Å². The minimum Gasteiger partial charge on any atom is -0.370 e. The molecular formula is C14H24N4S. The summed E-state index contributed by atoms with van der Waals surface area (Å²) in [5, 5.41) is 6.85. The lowest BCUT2D eigenvalue weighted by molar-refractivity contribution is 0.896. The van der Waals surface area contributed by atoms with E-state index in [1.807, 2.05) is 11.8 Å². The van der Waals surface area contributed by atoms with Crippen LogP contribution in [0.2, 0.25) is 0 Å². The quantitative estimate of drug-likeness (QED) is 0.804. The maximum atomic E-state index is 4.63. The zero-order chi connectivity index (χ0) is 13.9. The third-order valence-electron chi connectivity index (χ3n) is 3.67. The van der Waals surface area contributed by atoms with Crippen molar-refractivity contribution in [2.24, 2.45) is 0 Å². The van der Waals surface area contributed by atoms with Crippen molar-refractivity contribution in [2.75, 3.05) is 30.0 Å². The Labute approximate surface area is 120 Å². The Kier molecular flexibility index (Phi) is 4.55. The SMILES string of the molecule is CCNc1nc(CC)nc(NCC2(SC)CC2)c1C. The van der Waals surface area contributed by atoms with Gasteiger partial charge in [-0.05, 0) is 32.9 Å². The van der Waals surface area contributed by atoms with Crippen LogP contribution in [0.15, 0.2) is 0 Å². The predicted octanol–water partition coefficient (Wildman–Crippen LogP) is 3.09. The highest BCUT2D eigenvalue weighted by Gasteiger charge is 2.41. The number of hydrogen-bond donors (Lipinski definition) is 2. The van der Waals surface area contributed by atoms with Gasteiger partial charge >= 0.3 is 0 Å². The van der Waals surface area contributed by atoms with Crippen molar-refractivity contribution in [1.82, 2.24) is 9.97 Å². The lowest BCUT2D eigenvalue weighted by atomic mass is 10.2. The molecule has 4 nitrogen and oxygen atoms in total. The van der Waals surface area contributed by atoms with Gasteiger partial charge in [0.15, 0.2) is 0 Å². The Morgan fingerprint density at radius 1 is 1.16 bits per heavy atom. The van der Waals surface area contributed by atoms with Gasteiger partial charge in [-0.3, -0.25) is 0 Å². The van der Waals surface area contributed by atoms with E-state index in [0.717, 1.165) is 42.5 Å². The van der Waals surface area contributed by atoms with Gasteiger partial charge in [0.1, 0.15) is 17.5 Å². The summed E-state index contributed by atoms with van der Waals surface area (Å²) < 4.78 is 0.447. The molecule has 0 amide bonds. The first-order valence-electron chi connectivity index (χ1n) is 7.04. The summed E-state index contributed by atoms with van der Waals surface area (Å²) in [6.07, 6.45) is 5.68. The number of nitrogens with zero attached hydrogens (tertiary/aromatic N) is 2. The molecule has 0 bridgehead atoms. The summed E-state index contributed by atoms with van der Waals surface area (Å²) in [6, 6.07) is 0. The van der Waals surface area contributed by atoms with Crippen molar-refractivity contribution < 1.29 is 0 Å². The van der Waals surface area contributed by atoms with Gasteiger partial charge in [-0.15, -0.1) is 0 Å². The van der Waals surface area contributed by atoms with E-state index in [1.165, 1.54) is 12.8 Å². The van der Waals surface area contributed by atoms with Crippen molar-refractivity contribution in [1.29, 1.82) is 0 Å². The first-order valence-corrected chi connectivity index (χ1v) is 8.27. The third-order valence-corrected chi connectivity index (χ3v) is 5.09. The average Bonchev–Trinajstić information content (AvgIpc) is 3.20. The fourth-order valence-electron chi connectivity index (χ4n) is 2.07. The minimum absolute atomic E-state index is 0.447. The van der Waals surface area contributed by atoms with E-state index in [0.29, 0.717) is 4.75 Å². The molecule has 2 rings (SSSR count). The van der Waals surface area contributed by atoms with E-state index in [-0.39, 0.29) is 0 Å². The highest BCUT2D eigenvalue weighted by Crippen LogP contribution is 2.47. The number of hydrogen-bond acceptors (Lipinski definition) is 5. The molecule has 1 aliphatic carbocycles. The maximum absolute atomic E-state index is 4.63. The molecule has 0 spiro atoms. The Hall–Kier alpha value is -0.970. The average molecular weight is 280 g/mol. The van der Waals surface area contributed by atoms with Crippen LogP contribution in [0.25, 0.3) is 0 Å². The van der Waals surface area contributed by atoms with Crippen LogP contribution >= 0.6 is 11.8 Å². The van der Waals surface area contributed by atoms with Crippen LogP contribution in [0.4, 0.5) is 11.6 Å². The minimum atomic E-state index is 0.447. The zero-order valence-electron chi connectivity index (χ0n) is 12.3. The van der Waals surface area contributed by atoms with Gasteiger partial charge in [-0.1, -0.05) is 6.92 Å². The Balaban J connectivity index is 2.15. The lowest BCUT2D eigenvalue weighted by Crippen LogP contribution is -2.20. The van der Waals surface area contributed by atoms with Gasteiger partial charge in [-0.2, -0.15) is 11.8 Å². The number of nitrogens with one attached hydrogen (secondary N) is 2. The van der Waals surface area contributed by atoms with Gasteiger partial charge in [0.2, 0.25) is 0 Å². The van der Waals surface area contributed by atoms with E-state index in [2.05, 4.69) is 47.6 Å².